The van der Waals surface area contributed by atoms with Crippen LogP contribution in [0.4, 0.5) is 16.0 Å². The van der Waals surface area contributed by atoms with Crippen molar-refractivity contribution < 1.29 is 14.3 Å². The van der Waals surface area contributed by atoms with E-state index in [1.807, 2.05) is 4.90 Å². The van der Waals surface area contributed by atoms with Crippen LogP contribution in [0.15, 0.2) is 59.7 Å². The third-order valence-corrected chi connectivity index (χ3v) is 7.29. The Bertz CT molecular complexity index is 1660. The number of phenolic OH excluding ortho intramolecular Hbond substituents is 1. The molecule has 2 aromatic carbocycles. The third-order valence-electron chi connectivity index (χ3n) is 6.99. The Balaban J connectivity index is 1.60. The van der Waals surface area contributed by atoms with Crippen LogP contribution in [0.2, 0.25) is 5.02 Å². The number of anilines is 2. The highest BCUT2D eigenvalue weighted by atomic mass is 35.5. The molecule has 5 rings (SSSR count). The van der Waals surface area contributed by atoms with Gasteiger partial charge in [0.25, 0.3) is 0 Å². The molecule has 1 saturated heterocycles. The zero-order chi connectivity index (χ0) is 28.7. The number of hydrogen-bond donors (Lipinski definition) is 3. The predicted molar refractivity (Wildman–Crippen MR) is 155 cm³/mol. The maximum Gasteiger partial charge on any atom is 0.332 e. The van der Waals surface area contributed by atoms with E-state index >= 15 is 4.39 Å². The summed E-state index contributed by atoms with van der Waals surface area (Å²) >= 11 is 6.54. The van der Waals surface area contributed by atoms with E-state index in [0.717, 1.165) is 6.42 Å². The molecule has 0 aliphatic carbocycles. The molecule has 1 atom stereocenters. The number of hydrogen-bond acceptors (Lipinski definition) is 6. The number of nitrogens with zero attached hydrogens (tertiary/aromatic N) is 4. The Morgan fingerprint density at radius 2 is 1.88 bits per heavy atom. The fourth-order valence-corrected chi connectivity index (χ4v) is 4.99. The average Bonchev–Trinajstić information content (AvgIpc) is 3.50. The van der Waals surface area contributed by atoms with Gasteiger partial charge in [-0.25, -0.2) is 14.2 Å². The average molecular weight is 565 g/mol. The van der Waals surface area contributed by atoms with E-state index < -0.39 is 5.82 Å². The smallest absolute Gasteiger partial charge is 0.332 e. The van der Waals surface area contributed by atoms with Gasteiger partial charge in [0, 0.05) is 55.6 Å². The van der Waals surface area contributed by atoms with Crippen LogP contribution in [0, 0.1) is 11.7 Å². The van der Waals surface area contributed by atoms with Gasteiger partial charge in [-0.3, -0.25) is 9.36 Å². The minimum absolute atomic E-state index is 0.00667. The third kappa shape index (κ3) is 5.32. The summed E-state index contributed by atoms with van der Waals surface area (Å²) in [6, 6.07) is 10.7. The fourth-order valence-electron chi connectivity index (χ4n) is 4.72. The molecule has 1 fully saturated rings. The maximum atomic E-state index is 15.0. The van der Waals surface area contributed by atoms with Crippen molar-refractivity contribution in [1.29, 1.82) is 0 Å². The second-order valence-electron chi connectivity index (χ2n) is 10.3. The molecule has 9 nitrogen and oxygen atoms in total. The lowest BCUT2D eigenvalue weighted by molar-refractivity contribution is -0.118. The number of pyridine rings is 1. The Morgan fingerprint density at radius 3 is 2.48 bits per heavy atom. The number of rotatable bonds is 6. The molecule has 40 heavy (non-hydrogen) atoms. The number of benzene rings is 2. The number of nitrogens with two attached hydrogens (primary N) is 1. The SMILES string of the molecule is CC(C)C(=O)Nc1cc(-c2cc(F)cc(-c3ccc(-n4ccn(C)c4=O)c(Cl)c3)c2O)cc(N2CCC(N)C2)n1. The number of imidazole rings is 1. The van der Waals surface area contributed by atoms with Crippen LogP contribution in [-0.2, 0) is 11.8 Å². The van der Waals surface area contributed by atoms with Crippen LogP contribution < -0.4 is 21.6 Å². The second-order valence-corrected chi connectivity index (χ2v) is 10.7. The summed E-state index contributed by atoms with van der Waals surface area (Å²) in [5.74, 6) is -0.379. The Kier molecular flexibility index (Phi) is 7.39. The topological polar surface area (TPSA) is 118 Å². The van der Waals surface area contributed by atoms with Crippen molar-refractivity contribution in [3.05, 3.63) is 76.2 Å². The van der Waals surface area contributed by atoms with E-state index in [-0.39, 0.29) is 51.3 Å². The van der Waals surface area contributed by atoms with Gasteiger partial charge >= 0.3 is 5.69 Å². The number of amides is 1. The molecule has 1 amide bonds. The number of nitrogens with one attached hydrogen (secondary N) is 1. The molecule has 2 aromatic heterocycles. The molecule has 1 aliphatic heterocycles. The minimum atomic E-state index is -0.573. The van der Waals surface area contributed by atoms with E-state index in [9.17, 15) is 14.7 Å². The molecule has 0 bridgehead atoms. The monoisotopic (exact) mass is 564 g/mol. The van der Waals surface area contributed by atoms with Gasteiger partial charge in [-0.15, -0.1) is 0 Å². The van der Waals surface area contributed by atoms with E-state index in [1.54, 1.807) is 63.6 Å². The fraction of sp³-hybridized carbons (Fsp3) is 0.276. The largest absolute Gasteiger partial charge is 0.507 e. The van der Waals surface area contributed by atoms with Crippen molar-refractivity contribution >= 4 is 29.1 Å². The summed E-state index contributed by atoms with van der Waals surface area (Å²) in [5.41, 5.74) is 7.68. The molecular weight excluding hydrogens is 535 g/mol. The molecule has 4 N–H and O–H groups in total. The van der Waals surface area contributed by atoms with Gasteiger partial charge in [0.05, 0.1) is 10.7 Å². The maximum absolute atomic E-state index is 15.0. The number of aromatic nitrogens is 3. The Labute approximate surface area is 235 Å². The summed E-state index contributed by atoms with van der Waals surface area (Å²) in [6.45, 7) is 4.82. The van der Waals surface area contributed by atoms with Gasteiger partial charge < -0.3 is 25.6 Å². The number of carbonyl (C=O) groups is 1. The molecule has 208 valence electrons. The van der Waals surface area contributed by atoms with E-state index in [0.29, 0.717) is 35.7 Å². The van der Waals surface area contributed by atoms with Crippen molar-refractivity contribution in [3.63, 3.8) is 0 Å². The zero-order valence-corrected chi connectivity index (χ0v) is 23.1. The Morgan fingerprint density at radius 1 is 1.15 bits per heavy atom. The number of phenols is 1. The standard InChI is InChI=1S/C29H30ClFN6O3/c1-16(2)28(39)34-25-11-18(12-26(33-25)36-7-6-20(32)15-36)22-14-19(31)13-21(27(22)38)17-4-5-24(23(30)10-17)37-9-8-35(3)29(37)40/h4-5,8-14,16,20,38H,6-7,15,32H2,1-3H3,(H,33,34,39). The van der Waals surface area contributed by atoms with Crippen molar-refractivity contribution in [3.8, 4) is 33.7 Å². The highest BCUT2D eigenvalue weighted by molar-refractivity contribution is 6.32. The van der Waals surface area contributed by atoms with Crippen LogP contribution >= 0.6 is 11.6 Å². The van der Waals surface area contributed by atoms with Crippen molar-refractivity contribution in [2.75, 3.05) is 23.3 Å². The van der Waals surface area contributed by atoms with Crippen LogP contribution in [0.1, 0.15) is 20.3 Å². The van der Waals surface area contributed by atoms with Gasteiger partial charge in [-0.1, -0.05) is 31.5 Å². The molecule has 0 spiro atoms. The molecule has 11 heteroatoms. The van der Waals surface area contributed by atoms with Gasteiger partial charge in [-0.05, 0) is 53.9 Å². The summed E-state index contributed by atoms with van der Waals surface area (Å²) < 4.78 is 17.9. The first-order chi connectivity index (χ1) is 19.0. The van der Waals surface area contributed by atoms with E-state index in [4.69, 9.17) is 17.3 Å². The van der Waals surface area contributed by atoms with E-state index in [2.05, 4.69) is 10.3 Å². The zero-order valence-electron chi connectivity index (χ0n) is 22.4. The van der Waals surface area contributed by atoms with Crippen LogP contribution in [0.3, 0.4) is 0 Å². The predicted octanol–water partition coefficient (Wildman–Crippen LogP) is 4.54. The van der Waals surface area contributed by atoms with Crippen molar-refractivity contribution in [2.45, 2.75) is 26.3 Å². The first-order valence-electron chi connectivity index (χ1n) is 12.9. The minimum Gasteiger partial charge on any atom is -0.507 e. The van der Waals surface area contributed by atoms with Gasteiger partial charge in [-0.2, -0.15) is 0 Å². The molecule has 3 heterocycles. The summed E-state index contributed by atoms with van der Waals surface area (Å²) in [7, 11) is 1.63. The highest BCUT2D eigenvalue weighted by Gasteiger charge is 2.23. The molecular formula is C29H30ClFN6O3. The second kappa shape index (κ2) is 10.8. The lowest BCUT2D eigenvalue weighted by atomic mass is 9.97. The molecule has 1 unspecified atom stereocenters. The summed E-state index contributed by atoms with van der Waals surface area (Å²) in [4.78, 5) is 31.5. The lowest BCUT2D eigenvalue weighted by Gasteiger charge is -2.20. The Hall–Kier alpha value is -4.15. The molecule has 1 aliphatic rings. The first-order valence-corrected chi connectivity index (χ1v) is 13.3. The summed E-state index contributed by atoms with van der Waals surface area (Å²) in [5, 5.41) is 14.5. The van der Waals surface area contributed by atoms with Gasteiger partial charge in [0.1, 0.15) is 23.2 Å². The number of aromatic hydroxyl groups is 1. The number of halogens is 2. The van der Waals surface area contributed by atoms with E-state index in [1.165, 1.54) is 21.3 Å². The van der Waals surface area contributed by atoms with Gasteiger partial charge in [0.2, 0.25) is 5.91 Å². The molecule has 4 aromatic rings. The summed E-state index contributed by atoms with van der Waals surface area (Å²) in [6.07, 6.45) is 4.01. The van der Waals surface area contributed by atoms with Gasteiger partial charge in [0.15, 0.2) is 0 Å². The van der Waals surface area contributed by atoms with Crippen LogP contribution in [0.5, 0.6) is 5.75 Å². The number of aryl methyl sites for hydroxylation is 1. The van der Waals surface area contributed by atoms with Crippen molar-refractivity contribution in [1.82, 2.24) is 14.1 Å². The first kappa shape index (κ1) is 27.4. The van der Waals surface area contributed by atoms with Crippen molar-refractivity contribution in [2.24, 2.45) is 18.7 Å². The highest BCUT2D eigenvalue weighted by Crippen LogP contribution is 2.41. The molecule has 0 radical (unpaired) electrons. The van der Waals surface area contributed by atoms with Crippen LogP contribution in [0.25, 0.3) is 27.9 Å². The van der Waals surface area contributed by atoms with Crippen LogP contribution in [-0.4, -0.2) is 44.3 Å². The normalized spacial score (nSPS) is 15.2. The number of carbonyl (C=O) groups excluding carboxylic acids is 1. The molecule has 0 saturated carbocycles. The lowest BCUT2D eigenvalue weighted by Crippen LogP contribution is -2.27. The quantitative estimate of drug-likeness (QED) is 0.316.